The monoisotopic (exact) mass is 193 g/mol. The van der Waals surface area contributed by atoms with E-state index in [9.17, 15) is 4.79 Å². The summed E-state index contributed by atoms with van der Waals surface area (Å²) in [5.74, 6) is 5.78. The number of nitrogens with zero attached hydrogens (tertiary/aromatic N) is 1. The van der Waals surface area contributed by atoms with Crippen LogP contribution in [0.15, 0.2) is 6.20 Å². The van der Waals surface area contributed by atoms with Crippen LogP contribution in [0.2, 0.25) is 0 Å². The van der Waals surface area contributed by atoms with Crippen LogP contribution in [0.4, 0.5) is 0 Å². The Balaban J connectivity index is 2.52. The topological polar surface area (TPSA) is 30.0 Å². The molecule has 0 spiro atoms. The summed E-state index contributed by atoms with van der Waals surface area (Å²) in [7, 11) is 0. The van der Waals surface area contributed by atoms with Gasteiger partial charge in [-0.15, -0.1) is 23.2 Å². The van der Waals surface area contributed by atoms with E-state index in [1.165, 1.54) is 11.3 Å². The van der Waals surface area contributed by atoms with Gasteiger partial charge in [-0.25, -0.2) is 4.98 Å². The average molecular weight is 193 g/mol. The second-order valence-corrected chi connectivity index (χ2v) is 3.83. The quantitative estimate of drug-likeness (QED) is 0.545. The van der Waals surface area contributed by atoms with Crippen molar-refractivity contribution in [2.24, 2.45) is 0 Å². The van der Waals surface area contributed by atoms with Gasteiger partial charge in [0.15, 0.2) is 5.78 Å². The summed E-state index contributed by atoms with van der Waals surface area (Å²) in [6.07, 6.45) is 2.79. The van der Waals surface area contributed by atoms with Crippen molar-refractivity contribution < 1.29 is 4.79 Å². The number of carbonyl (C=O) groups excluding carboxylic acids is 1. The van der Waals surface area contributed by atoms with Gasteiger partial charge in [-0.05, 0) is 13.8 Å². The highest BCUT2D eigenvalue weighted by Gasteiger charge is 2.07. The molecule has 0 amide bonds. The highest BCUT2D eigenvalue weighted by atomic mass is 32.1. The number of thiazole rings is 1. The highest BCUT2D eigenvalue weighted by Crippen LogP contribution is 2.14. The molecule has 0 aliphatic heterocycles. The molecule has 3 heteroatoms. The fourth-order valence-corrected chi connectivity index (χ4v) is 1.66. The van der Waals surface area contributed by atoms with Crippen molar-refractivity contribution in [2.45, 2.75) is 26.7 Å². The standard InChI is InChI=1S/C10H11NOS/c1-3-4-5-6-9(12)10-7-11-8(2)13-10/h7H,5-6H2,1-2H3. The molecule has 68 valence electrons. The van der Waals surface area contributed by atoms with E-state index in [1.807, 2.05) is 6.92 Å². The molecule has 0 radical (unpaired) electrons. The Morgan fingerprint density at radius 3 is 3.00 bits per heavy atom. The SMILES string of the molecule is CC#CCCC(=O)c1cnc(C)s1. The lowest BCUT2D eigenvalue weighted by Crippen LogP contribution is -1.94. The van der Waals surface area contributed by atoms with E-state index >= 15 is 0 Å². The molecule has 0 aliphatic rings. The van der Waals surface area contributed by atoms with E-state index in [0.29, 0.717) is 12.8 Å². The van der Waals surface area contributed by atoms with Crippen LogP contribution in [0, 0.1) is 18.8 Å². The number of ketones is 1. The predicted molar refractivity (Wildman–Crippen MR) is 53.9 cm³/mol. The van der Waals surface area contributed by atoms with Crippen LogP contribution >= 0.6 is 11.3 Å². The molecular formula is C10H11NOS. The first-order valence-electron chi connectivity index (χ1n) is 4.09. The van der Waals surface area contributed by atoms with Crippen LogP contribution in [0.5, 0.6) is 0 Å². The van der Waals surface area contributed by atoms with Crippen molar-refractivity contribution in [2.75, 3.05) is 0 Å². The Hall–Kier alpha value is -1.14. The molecule has 0 N–H and O–H groups in total. The first kappa shape index (κ1) is 9.94. The molecule has 0 aliphatic carbocycles. The van der Waals surface area contributed by atoms with Gasteiger partial charge in [-0.1, -0.05) is 0 Å². The van der Waals surface area contributed by atoms with Gasteiger partial charge >= 0.3 is 0 Å². The summed E-state index contributed by atoms with van der Waals surface area (Å²) in [4.78, 5) is 16.2. The first-order valence-corrected chi connectivity index (χ1v) is 4.91. The van der Waals surface area contributed by atoms with Crippen molar-refractivity contribution >= 4 is 17.1 Å². The third kappa shape index (κ3) is 3.00. The molecule has 1 aromatic rings. The highest BCUT2D eigenvalue weighted by molar-refractivity contribution is 7.13. The van der Waals surface area contributed by atoms with Crippen LogP contribution < -0.4 is 0 Å². The third-order valence-corrected chi connectivity index (χ3v) is 2.50. The molecule has 0 unspecified atom stereocenters. The second kappa shape index (κ2) is 4.78. The Kier molecular flexibility index (Phi) is 3.66. The van der Waals surface area contributed by atoms with Crippen LogP contribution in [-0.2, 0) is 0 Å². The molecule has 0 bridgehead atoms. The lowest BCUT2D eigenvalue weighted by Gasteiger charge is -1.90. The molecule has 2 nitrogen and oxygen atoms in total. The molecule has 1 heterocycles. The van der Waals surface area contributed by atoms with Gasteiger partial charge in [0, 0.05) is 19.0 Å². The van der Waals surface area contributed by atoms with Crippen molar-refractivity contribution in [3.8, 4) is 11.8 Å². The summed E-state index contributed by atoms with van der Waals surface area (Å²) in [6, 6.07) is 0. The molecule has 0 saturated carbocycles. The fourth-order valence-electron chi connectivity index (χ4n) is 0.915. The molecule has 0 atom stereocenters. The van der Waals surface area contributed by atoms with E-state index in [1.54, 1.807) is 13.1 Å². The number of aryl methyl sites for hydroxylation is 1. The number of aromatic nitrogens is 1. The smallest absolute Gasteiger partial charge is 0.175 e. The molecule has 1 rings (SSSR count). The molecule has 1 aromatic heterocycles. The average Bonchev–Trinajstić information content (AvgIpc) is 2.52. The molecule has 0 saturated heterocycles. The zero-order valence-corrected chi connectivity index (χ0v) is 8.57. The molecule has 13 heavy (non-hydrogen) atoms. The third-order valence-electron chi connectivity index (χ3n) is 1.55. The lowest BCUT2D eigenvalue weighted by atomic mass is 10.2. The Bertz CT molecular complexity index is 356. The molecule has 0 aromatic carbocycles. The van der Waals surface area contributed by atoms with E-state index in [0.717, 1.165) is 9.88 Å². The normalized spacial score (nSPS) is 9.08. The van der Waals surface area contributed by atoms with Crippen molar-refractivity contribution in [1.29, 1.82) is 0 Å². The number of Topliss-reactive ketones (excluding diaryl/α,β-unsaturated/α-hetero) is 1. The maximum Gasteiger partial charge on any atom is 0.175 e. The summed E-state index contributed by atoms with van der Waals surface area (Å²) in [6.45, 7) is 3.68. The summed E-state index contributed by atoms with van der Waals surface area (Å²) in [5.41, 5.74) is 0. The van der Waals surface area contributed by atoms with Gasteiger partial charge in [0.1, 0.15) is 0 Å². The molecular weight excluding hydrogens is 182 g/mol. The lowest BCUT2D eigenvalue weighted by molar-refractivity contribution is 0.0988. The van der Waals surface area contributed by atoms with Crippen LogP contribution in [0.25, 0.3) is 0 Å². The zero-order valence-electron chi connectivity index (χ0n) is 7.76. The zero-order chi connectivity index (χ0) is 9.68. The largest absolute Gasteiger partial charge is 0.293 e. The van der Waals surface area contributed by atoms with E-state index in [-0.39, 0.29) is 5.78 Å². The van der Waals surface area contributed by atoms with Gasteiger partial charge in [-0.2, -0.15) is 0 Å². The minimum Gasteiger partial charge on any atom is -0.293 e. The first-order chi connectivity index (χ1) is 6.24. The van der Waals surface area contributed by atoms with Gasteiger partial charge in [0.2, 0.25) is 0 Å². The van der Waals surface area contributed by atoms with Crippen LogP contribution in [-0.4, -0.2) is 10.8 Å². The Labute approximate surface area is 82.0 Å². The Morgan fingerprint density at radius 2 is 2.46 bits per heavy atom. The summed E-state index contributed by atoms with van der Waals surface area (Å²) >= 11 is 1.45. The summed E-state index contributed by atoms with van der Waals surface area (Å²) in [5, 5.41) is 0.935. The van der Waals surface area contributed by atoms with Crippen molar-refractivity contribution in [3.05, 3.63) is 16.1 Å². The van der Waals surface area contributed by atoms with Crippen LogP contribution in [0.1, 0.15) is 34.4 Å². The maximum atomic E-state index is 11.4. The van der Waals surface area contributed by atoms with Crippen molar-refractivity contribution in [3.63, 3.8) is 0 Å². The van der Waals surface area contributed by atoms with E-state index in [4.69, 9.17) is 0 Å². The van der Waals surface area contributed by atoms with Crippen LogP contribution in [0.3, 0.4) is 0 Å². The number of rotatable bonds is 3. The second-order valence-electron chi connectivity index (χ2n) is 2.59. The Morgan fingerprint density at radius 1 is 1.69 bits per heavy atom. The van der Waals surface area contributed by atoms with Gasteiger partial charge in [-0.3, -0.25) is 4.79 Å². The number of hydrogen-bond acceptors (Lipinski definition) is 3. The fraction of sp³-hybridized carbons (Fsp3) is 0.400. The van der Waals surface area contributed by atoms with E-state index in [2.05, 4.69) is 16.8 Å². The minimum atomic E-state index is 0.147. The number of carbonyl (C=O) groups is 1. The van der Waals surface area contributed by atoms with E-state index < -0.39 is 0 Å². The number of hydrogen-bond donors (Lipinski definition) is 0. The van der Waals surface area contributed by atoms with Gasteiger partial charge in [0.25, 0.3) is 0 Å². The van der Waals surface area contributed by atoms with Gasteiger partial charge < -0.3 is 0 Å². The maximum absolute atomic E-state index is 11.4. The van der Waals surface area contributed by atoms with Crippen molar-refractivity contribution in [1.82, 2.24) is 4.98 Å². The molecule has 0 fully saturated rings. The van der Waals surface area contributed by atoms with Gasteiger partial charge in [0.05, 0.1) is 9.88 Å². The summed E-state index contributed by atoms with van der Waals surface area (Å²) < 4.78 is 0. The minimum absolute atomic E-state index is 0.147. The predicted octanol–water partition coefficient (Wildman–Crippen LogP) is 2.44.